The molecule has 3 nitrogen and oxygen atoms in total. The van der Waals surface area contributed by atoms with E-state index >= 15 is 0 Å². The van der Waals surface area contributed by atoms with Crippen molar-refractivity contribution >= 4 is 10.8 Å². The Morgan fingerprint density at radius 1 is 0.943 bits per heavy atom. The standard InChI is InChI=1S/C25H17F7O3/c1-13-10-34-22(35-11-13)12-33-16-8-20(27)23(21(28)9-16)14-2-3-17-15(6-14)7-19(26)18(24(17)29)4-5-25(30,31)32/h2-3,6-9,13,22H,10-12H2,1H3. The minimum atomic E-state index is -4.93. The summed E-state index contributed by atoms with van der Waals surface area (Å²) in [6.45, 7) is 2.79. The Morgan fingerprint density at radius 2 is 1.60 bits per heavy atom. The zero-order valence-corrected chi connectivity index (χ0v) is 18.1. The molecular weight excluding hydrogens is 481 g/mol. The van der Waals surface area contributed by atoms with Gasteiger partial charge in [0.05, 0.1) is 24.3 Å². The molecule has 1 aliphatic heterocycles. The average Bonchev–Trinajstić information content (AvgIpc) is 2.77. The van der Waals surface area contributed by atoms with Gasteiger partial charge in [-0.15, -0.1) is 0 Å². The SMILES string of the molecule is CC1COC(COc2cc(F)c(-c3ccc4c(F)c(C#CC(F)(F)F)c(F)cc4c3)c(F)c2)OC1. The molecule has 0 saturated carbocycles. The molecule has 35 heavy (non-hydrogen) atoms. The molecule has 0 radical (unpaired) electrons. The van der Waals surface area contributed by atoms with E-state index in [0.29, 0.717) is 13.2 Å². The zero-order chi connectivity index (χ0) is 25.3. The van der Waals surface area contributed by atoms with Crippen LogP contribution in [0.3, 0.4) is 0 Å². The van der Waals surface area contributed by atoms with Gasteiger partial charge in [-0.1, -0.05) is 25.0 Å². The van der Waals surface area contributed by atoms with Crippen molar-refractivity contribution < 1.29 is 44.9 Å². The van der Waals surface area contributed by atoms with Gasteiger partial charge in [0.2, 0.25) is 0 Å². The van der Waals surface area contributed by atoms with E-state index in [1.54, 1.807) is 0 Å². The molecule has 0 amide bonds. The van der Waals surface area contributed by atoms with Crippen molar-refractivity contribution in [1.82, 2.24) is 0 Å². The zero-order valence-electron chi connectivity index (χ0n) is 18.1. The highest BCUT2D eigenvalue weighted by Gasteiger charge is 2.24. The van der Waals surface area contributed by atoms with Gasteiger partial charge in [-0.05, 0) is 23.1 Å². The fraction of sp³-hybridized carbons (Fsp3) is 0.280. The van der Waals surface area contributed by atoms with Crippen LogP contribution < -0.4 is 4.74 Å². The molecule has 10 heteroatoms. The lowest BCUT2D eigenvalue weighted by Crippen LogP contribution is -2.34. The van der Waals surface area contributed by atoms with Gasteiger partial charge in [0.25, 0.3) is 0 Å². The Hall–Kier alpha value is -3.29. The van der Waals surface area contributed by atoms with Gasteiger partial charge in [-0.2, -0.15) is 13.2 Å². The van der Waals surface area contributed by atoms with Crippen molar-refractivity contribution in [2.24, 2.45) is 5.92 Å². The van der Waals surface area contributed by atoms with E-state index in [9.17, 15) is 30.7 Å². The number of hydrogen-bond acceptors (Lipinski definition) is 3. The molecule has 0 spiro atoms. The second-order valence-corrected chi connectivity index (χ2v) is 8.01. The van der Waals surface area contributed by atoms with Crippen molar-refractivity contribution in [3.05, 3.63) is 65.2 Å². The minimum Gasteiger partial charge on any atom is -0.488 e. The van der Waals surface area contributed by atoms with Crippen molar-refractivity contribution in [3.63, 3.8) is 0 Å². The number of benzene rings is 3. The molecule has 0 aliphatic carbocycles. The smallest absolute Gasteiger partial charge is 0.458 e. The monoisotopic (exact) mass is 498 g/mol. The maximum atomic E-state index is 14.8. The Morgan fingerprint density at radius 3 is 2.23 bits per heavy atom. The summed E-state index contributed by atoms with van der Waals surface area (Å²) >= 11 is 0. The van der Waals surface area contributed by atoms with Crippen LogP contribution in [0.5, 0.6) is 5.75 Å². The molecule has 1 aliphatic rings. The van der Waals surface area contributed by atoms with E-state index in [0.717, 1.165) is 42.3 Å². The Kier molecular flexibility index (Phi) is 6.92. The minimum absolute atomic E-state index is 0.0417. The predicted molar refractivity (Wildman–Crippen MR) is 113 cm³/mol. The fourth-order valence-corrected chi connectivity index (χ4v) is 3.54. The van der Waals surface area contributed by atoms with Crippen molar-refractivity contribution in [1.29, 1.82) is 0 Å². The molecule has 1 heterocycles. The molecule has 0 aromatic heterocycles. The second-order valence-electron chi connectivity index (χ2n) is 8.01. The van der Waals surface area contributed by atoms with Gasteiger partial charge in [-0.3, -0.25) is 0 Å². The first kappa shape index (κ1) is 24.8. The molecule has 1 fully saturated rings. The normalized spacial score (nSPS) is 18.3. The predicted octanol–water partition coefficient (Wildman–Crippen LogP) is 6.36. The number of ether oxygens (including phenoxy) is 3. The third-order valence-electron chi connectivity index (χ3n) is 5.18. The van der Waals surface area contributed by atoms with Crippen LogP contribution in [-0.4, -0.2) is 32.3 Å². The first-order valence-electron chi connectivity index (χ1n) is 10.4. The van der Waals surface area contributed by atoms with Crippen LogP contribution in [0.1, 0.15) is 12.5 Å². The maximum Gasteiger partial charge on any atom is 0.458 e. The maximum absolute atomic E-state index is 14.8. The molecule has 3 aromatic carbocycles. The molecule has 3 aromatic rings. The first-order chi connectivity index (χ1) is 16.5. The van der Waals surface area contributed by atoms with Gasteiger partial charge in [-0.25, -0.2) is 17.6 Å². The second kappa shape index (κ2) is 9.76. The van der Waals surface area contributed by atoms with Gasteiger partial charge < -0.3 is 14.2 Å². The summed E-state index contributed by atoms with van der Waals surface area (Å²) in [5.74, 6) is -2.26. The lowest BCUT2D eigenvalue weighted by atomic mass is 9.98. The Balaban J connectivity index is 1.61. The van der Waals surface area contributed by atoms with E-state index < -0.39 is 46.9 Å². The van der Waals surface area contributed by atoms with Crippen LogP contribution in [0.2, 0.25) is 0 Å². The topological polar surface area (TPSA) is 27.7 Å². The van der Waals surface area contributed by atoms with Crippen molar-refractivity contribution in [2.75, 3.05) is 19.8 Å². The summed E-state index contributed by atoms with van der Waals surface area (Å²) in [5, 5.41) is -0.376. The molecule has 1 saturated heterocycles. The first-order valence-corrected chi connectivity index (χ1v) is 10.4. The summed E-state index contributed by atoms with van der Waals surface area (Å²) in [6, 6.07) is 6.02. The van der Waals surface area contributed by atoms with E-state index in [1.165, 1.54) is 5.92 Å². The highest BCUT2D eigenvalue weighted by atomic mass is 19.4. The summed E-state index contributed by atoms with van der Waals surface area (Å²) < 4.78 is 112. The summed E-state index contributed by atoms with van der Waals surface area (Å²) in [4.78, 5) is 0. The van der Waals surface area contributed by atoms with Gasteiger partial charge in [0.1, 0.15) is 35.6 Å². The lowest BCUT2D eigenvalue weighted by Gasteiger charge is -2.27. The van der Waals surface area contributed by atoms with Crippen LogP contribution >= 0.6 is 0 Å². The molecule has 0 atom stereocenters. The van der Waals surface area contributed by atoms with Gasteiger partial charge >= 0.3 is 6.18 Å². The van der Waals surface area contributed by atoms with Crippen LogP contribution in [0.4, 0.5) is 30.7 Å². The molecular formula is C25H17F7O3. The van der Waals surface area contributed by atoms with E-state index in [1.807, 2.05) is 6.92 Å². The number of hydrogen-bond donors (Lipinski definition) is 0. The fourth-order valence-electron chi connectivity index (χ4n) is 3.54. The summed E-state index contributed by atoms with van der Waals surface area (Å²) in [7, 11) is 0. The lowest BCUT2D eigenvalue weighted by molar-refractivity contribution is -0.208. The van der Waals surface area contributed by atoms with Gasteiger partial charge in [0, 0.05) is 29.4 Å². The number of rotatable bonds is 4. The largest absolute Gasteiger partial charge is 0.488 e. The molecule has 184 valence electrons. The number of halogens is 7. The van der Waals surface area contributed by atoms with Crippen LogP contribution in [-0.2, 0) is 9.47 Å². The molecule has 0 unspecified atom stereocenters. The van der Waals surface area contributed by atoms with Crippen molar-refractivity contribution in [2.45, 2.75) is 19.4 Å². The third-order valence-corrected chi connectivity index (χ3v) is 5.18. The summed E-state index contributed by atoms with van der Waals surface area (Å²) in [6.07, 6.45) is -5.61. The molecule has 0 N–H and O–H groups in total. The van der Waals surface area contributed by atoms with Gasteiger partial charge in [0.15, 0.2) is 6.29 Å². The van der Waals surface area contributed by atoms with E-state index in [2.05, 4.69) is 0 Å². The summed E-state index contributed by atoms with van der Waals surface area (Å²) in [5.41, 5.74) is -1.57. The van der Waals surface area contributed by atoms with Crippen LogP contribution in [0.15, 0.2) is 36.4 Å². The number of alkyl halides is 3. The Labute approximate surface area is 195 Å². The highest BCUT2D eigenvalue weighted by Crippen LogP contribution is 2.33. The number of fused-ring (bicyclic) bond motifs is 1. The third kappa shape index (κ3) is 5.69. The van der Waals surface area contributed by atoms with Crippen LogP contribution in [0.25, 0.3) is 21.9 Å². The highest BCUT2D eigenvalue weighted by molar-refractivity contribution is 5.89. The van der Waals surface area contributed by atoms with Crippen molar-refractivity contribution in [3.8, 4) is 28.7 Å². The average molecular weight is 498 g/mol. The van der Waals surface area contributed by atoms with E-state index in [4.69, 9.17) is 14.2 Å². The quantitative estimate of drug-likeness (QED) is 0.309. The van der Waals surface area contributed by atoms with Crippen LogP contribution in [0, 0.1) is 41.0 Å². The molecule has 0 bridgehead atoms. The van der Waals surface area contributed by atoms with E-state index in [-0.39, 0.29) is 34.6 Å². The Bertz CT molecular complexity index is 1290. The molecule has 4 rings (SSSR count).